The molecule has 2 rings (SSSR count). The molecule has 1 aliphatic carbocycles. The summed E-state index contributed by atoms with van der Waals surface area (Å²) in [5, 5.41) is 13.5. The lowest BCUT2D eigenvalue weighted by Gasteiger charge is -2.41. The second-order valence-electron chi connectivity index (χ2n) is 4.48. The number of carboxylic acid groups (broad SMARTS) is 1. The number of nitrogens with one attached hydrogen (secondary N) is 1. The summed E-state index contributed by atoms with van der Waals surface area (Å²) in [7, 11) is 1.51. The van der Waals surface area contributed by atoms with E-state index < -0.39 is 11.5 Å². The molecule has 0 atom stereocenters. The molecule has 0 bridgehead atoms. The number of amides is 1. The number of aliphatic carboxylic acids is 1. The number of carboxylic acids is 1. The molecule has 1 fully saturated rings. The highest BCUT2D eigenvalue weighted by Gasteiger charge is 2.40. The second kappa shape index (κ2) is 4.97. The molecule has 1 heterocycles. The van der Waals surface area contributed by atoms with Gasteiger partial charge in [0, 0.05) is 0 Å². The standard InChI is InChI=1S/C12H15NO4S/c1-17-8-3-6-18-10(8)11(16)13-12(4-2-5-12)7-9(14)15/h3,6H,2,4-5,7H2,1H3,(H,13,16)(H,14,15). The van der Waals surface area contributed by atoms with E-state index in [1.165, 1.54) is 18.4 Å². The van der Waals surface area contributed by atoms with Crippen LogP contribution >= 0.6 is 11.3 Å². The van der Waals surface area contributed by atoms with Crippen LogP contribution in [-0.4, -0.2) is 29.6 Å². The van der Waals surface area contributed by atoms with Crippen molar-refractivity contribution in [3.8, 4) is 5.75 Å². The molecule has 1 aliphatic rings. The molecule has 0 radical (unpaired) electrons. The van der Waals surface area contributed by atoms with Gasteiger partial charge in [-0.2, -0.15) is 0 Å². The van der Waals surface area contributed by atoms with E-state index in [9.17, 15) is 9.59 Å². The Balaban J connectivity index is 2.08. The third kappa shape index (κ3) is 2.48. The number of hydrogen-bond acceptors (Lipinski definition) is 4. The lowest BCUT2D eigenvalue weighted by atomic mass is 9.74. The van der Waals surface area contributed by atoms with E-state index in [4.69, 9.17) is 9.84 Å². The fourth-order valence-electron chi connectivity index (χ4n) is 2.16. The Labute approximate surface area is 109 Å². The summed E-state index contributed by atoms with van der Waals surface area (Å²) in [4.78, 5) is 23.4. The fourth-order valence-corrected chi connectivity index (χ4v) is 2.91. The van der Waals surface area contributed by atoms with Crippen LogP contribution in [0.15, 0.2) is 11.4 Å². The normalized spacial score (nSPS) is 16.7. The molecule has 1 aromatic heterocycles. The van der Waals surface area contributed by atoms with Gasteiger partial charge in [-0.15, -0.1) is 11.3 Å². The van der Waals surface area contributed by atoms with Gasteiger partial charge in [0.1, 0.15) is 10.6 Å². The third-order valence-electron chi connectivity index (χ3n) is 3.23. The van der Waals surface area contributed by atoms with Gasteiger partial charge in [0.15, 0.2) is 0 Å². The summed E-state index contributed by atoms with van der Waals surface area (Å²) in [6, 6.07) is 1.73. The molecule has 1 aromatic rings. The molecule has 18 heavy (non-hydrogen) atoms. The highest BCUT2D eigenvalue weighted by molar-refractivity contribution is 7.12. The largest absolute Gasteiger partial charge is 0.495 e. The Morgan fingerprint density at radius 3 is 2.78 bits per heavy atom. The first-order valence-corrected chi connectivity index (χ1v) is 6.60. The van der Waals surface area contributed by atoms with E-state index in [1.54, 1.807) is 11.4 Å². The van der Waals surface area contributed by atoms with Crippen LogP contribution < -0.4 is 10.1 Å². The van der Waals surface area contributed by atoms with Crippen molar-refractivity contribution in [2.24, 2.45) is 0 Å². The summed E-state index contributed by atoms with van der Waals surface area (Å²) in [5.41, 5.74) is -0.572. The number of carbonyl (C=O) groups is 2. The summed E-state index contributed by atoms with van der Waals surface area (Å²) in [5.74, 6) is -0.599. The zero-order valence-corrected chi connectivity index (χ0v) is 10.9. The Kier molecular flexibility index (Phi) is 3.56. The molecular formula is C12H15NO4S. The van der Waals surface area contributed by atoms with Gasteiger partial charge < -0.3 is 15.2 Å². The van der Waals surface area contributed by atoms with E-state index in [2.05, 4.69) is 5.32 Å². The van der Waals surface area contributed by atoms with Crippen molar-refractivity contribution in [1.82, 2.24) is 5.32 Å². The highest BCUT2D eigenvalue weighted by Crippen LogP contribution is 2.36. The van der Waals surface area contributed by atoms with Crippen LogP contribution in [-0.2, 0) is 4.79 Å². The smallest absolute Gasteiger partial charge is 0.305 e. The quantitative estimate of drug-likeness (QED) is 0.855. The lowest BCUT2D eigenvalue weighted by molar-refractivity contribution is -0.139. The number of methoxy groups -OCH3 is 1. The molecule has 1 saturated carbocycles. The molecule has 5 nitrogen and oxygen atoms in total. The van der Waals surface area contributed by atoms with Crippen LogP contribution in [0.2, 0.25) is 0 Å². The predicted molar refractivity (Wildman–Crippen MR) is 67.2 cm³/mol. The number of thiophene rings is 1. The average Bonchev–Trinajstić information content (AvgIpc) is 2.73. The van der Waals surface area contributed by atoms with Crippen molar-refractivity contribution in [2.75, 3.05) is 7.11 Å². The molecule has 0 aliphatic heterocycles. The molecule has 0 spiro atoms. The van der Waals surface area contributed by atoms with Crippen LogP contribution in [0.4, 0.5) is 0 Å². The third-order valence-corrected chi connectivity index (χ3v) is 4.13. The van der Waals surface area contributed by atoms with E-state index >= 15 is 0 Å². The van der Waals surface area contributed by atoms with Gasteiger partial charge in [-0.05, 0) is 30.7 Å². The van der Waals surface area contributed by atoms with Crippen LogP contribution in [0.1, 0.15) is 35.4 Å². The SMILES string of the molecule is COc1ccsc1C(=O)NC1(CC(=O)O)CCC1. The number of carbonyl (C=O) groups excluding carboxylic acids is 1. The maximum Gasteiger partial charge on any atom is 0.305 e. The van der Waals surface area contributed by atoms with Crippen molar-refractivity contribution >= 4 is 23.2 Å². The topological polar surface area (TPSA) is 75.6 Å². The molecular weight excluding hydrogens is 254 g/mol. The van der Waals surface area contributed by atoms with Crippen molar-refractivity contribution < 1.29 is 19.4 Å². The first-order chi connectivity index (χ1) is 8.56. The van der Waals surface area contributed by atoms with E-state index in [-0.39, 0.29) is 12.3 Å². The van der Waals surface area contributed by atoms with Crippen molar-refractivity contribution in [2.45, 2.75) is 31.2 Å². The van der Waals surface area contributed by atoms with Gasteiger partial charge >= 0.3 is 5.97 Å². The first kappa shape index (κ1) is 12.9. The van der Waals surface area contributed by atoms with Crippen molar-refractivity contribution in [1.29, 1.82) is 0 Å². The van der Waals surface area contributed by atoms with Crippen molar-refractivity contribution in [3.63, 3.8) is 0 Å². The summed E-state index contributed by atoms with van der Waals surface area (Å²) < 4.78 is 5.09. The molecule has 6 heteroatoms. The minimum atomic E-state index is -0.881. The van der Waals surface area contributed by atoms with Gasteiger partial charge in [0.25, 0.3) is 5.91 Å². The molecule has 98 valence electrons. The summed E-state index contributed by atoms with van der Waals surface area (Å²) in [6.07, 6.45) is 2.37. The maximum atomic E-state index is 12.1. The zero-order chi connectivity index (χ0) is 13.2. The van der Waals surface area contributed by atoms with Gasteiger partial charge in [-0.25, -0.2) is 0 Å². The van der Waals surface area contributed by atoms with Crippen LogP contribution in [0.25, 0.3) is 0 Å². The van der Waals surface area contributed by atoms with E-state index in [1.807, 2.05) is 0 Å². The lowest BCUT2D eigenvalue weighted by Crippen LogP contribution is -2.54. The monoisotopic (exact) mass is 269 g/mol. The minimum Gasteiger partial charge on any atom is -0.495 e. The minimum absolute atomic E-state index is 0.0214. The summed E-state index contributed by atoms with van der Waals surface area (Å²) >= 11 is 1.29. The van der Waals surface area contributed by atoms with Crippen molar-refractivity contribution in [3.05, 3.63) is 16.3 Å². The fraction of sp³-hybridized carbons (Fsp3) is 0.500. The van der Waals surface area contributed by atoms with Gasteiger partial charge in [0.2, 0.25) is 0 Å². The molecule has 2 N–H and O–H groups in total. The number of rotatable bonds is 5. The predicted octanol–water partition coefficient (Wildman–Crippen LogP) is 1.88. The number of ether oxygens (including phenoxy) is 1. The summed E-state index contributed by atoms with van der Waals surface area (Å²) in [6.45, 7) is 0. The zero-order valence-electron chi connectivity index (χ0n) is 10.1. The molecule has 0 saturated heterocycles. The maximum absolute atomic E-state index is 12.1. The molecule has 0 unspecified atom stereocenters. The molecule has 0 aromatic carbocycles. The van der Waals surface area contributed by atoms with E-state index in [0.717, 1.165) is 19.3 Å². The molecule has 1 amide bonds. The Bertz CT molecular complexity index is 464. The van der Waals surface area contributed by atoms with Gasteiger partial charge in [-0.1, -0.05) is 0 Å². The second-order valence-corrected chi connectivity index (χ2v) is 5.39. The highest BCUT2D eigenvalue weighted by atomic mass is 32.1. The van der Waals surface area contributed by atoms with Crippen LogP contribution in [0.3, 0.4) is 0 Å². The first-order valence-electron chi connectivity index (χ1n) is 5.72. The van der Waals surface area contributed by atoms with Crippen LogP contribution in [0, 0.1) is 0 Å². The Morgan fingerprint density at radius 1 is 1.56 bits per heavy atom. The average molecular weight is 269 g/mol. The Hall–Kier alpha value is -1.56. The van der Waals surface area contributed by atoms with E-state index in [0.29, 0.717) is 10.6 Å². The van der Waals surface area contributed by atoms with Gasteiger partial charge in [0.05, 0.1) is 19.1 Å². The number of hydrogen-bond donors (Lipinski definition) is 2. The van der Waals surface area contributed by atoms with Crippen LogP contribution in [0.5, 0.6) is 5.75 Å². The van der Waals surface area contributed by atoms with Gasteiger partial charge in [-0.3, -0.25) is 9.59 Å². The Morgan fingerprint density at radius 2 is 2.28 bits per heavy atom.